The average molecular weight is 252 g/mol. The fraction of sp³-hybridized carbons (Fsp3) is 0.692. The van der Waals surface area contributed by atoms with E-state index in [1.165, 1.54) is 19.3 Å². The first kappa shape index (κ1) is 12.6. The molecule has 0 aliphatic carbocycles. The number of likely N-dealkylation sites (tertiary alicyclic amines) is 1. The molecule has 2 rings (SSSR count). The third kappa shape index (κ3) is 3.80. The van der Waals surface area contributed by atoms with Gasteiger partial charge in [0.1, 0.15) is 0 Å². The Morgan fingerprint density at radius 3 is 2.82 bits per heavy atom. The van der Waals surface area contributed by atoms with Crippen molar-refractivity contribution >= 4 is 17.2 Å². The van der Waals surface area contributed by atoms with Crippen LogP contribution in [0.1, 0.15) is 42.8 Å². The fourth-order valence-corrected chi connectivity index (χ4v) is 2.89. The molecule has 0 unspecified atom stereocenters. The van der Waals surface area contributed by atoms with E-state index in [0.717, 1.165) is 36.6 Å². The number of aromatic nitrogens is 1. The zero-order valence-corrected chi connectivity index (χ0v) is 11.3. The molecule has 17 heavy (non-hydrogen) atoms. The Morgan fingerprint density at radius 2 is 2.18 bits per heavy atom. The summed E-state index contributed by atoms with van der Waals surface area (Å²) in [5.41, 5.74) is 1.14. The SMILES string of the molecule is Cc1nc(CCCC(=O)N2CCCCC2)cs1. The van der Waals surface area contributed by atoms with E-state index < -0.39 is 0 Å². The topological polar surface area (TPSA) is 33.2 Å². The Hall–Kier alpha value is -0.900. The van der Waals surface area contributed by atoms with Gasteiger partial charge in [-0.15, -0.1) is 11.3 Å². The lowest BCUT2D eigenvalue weighted by Crippen LogP contribution is -2.35. The van der Waals surface area contributed by atoms with Crippen LogP contribution in [0.3, 0.4) is 0 Å². The minimum atomic E-state index is 0.330. The second-order valence-electron chi connectivity index (χ2n) is 4.65. The van der Waals surface area contributed by atoms with Crippen LogP contribution in [0.2, 0.25) is 0 Å². The summed E-state index contributed by atoms with van der Waals surface area (Å²) >= 11 is 1.68. The van der Waals surface area contributed by atoms with Crippen molar-refractivity contribution in [3.05, 3.63) is 16.1 Å². The fourth-order valence-electron chi connectivity index (χ4n) is 2.25. The number of nitrogens with zero attached hydrogens (tertiary/aromatic N) is 2. The Kier molecular flexibility index (Phi) is 4.54. The van der Waals surface area contributed by atoms with Gasteiger partial charge in [0.15, 0.2) is 0 Å². The molecule has 1 aromatic heterocycles. The molecule has 1 saturated heterocycles. The molecular weight excluding hydrogens is 232 g/mol. The first-order valence-corrected chi connectivity index (χ1v) is 7.32. The van der Waals surface area contributed by atoms with Crippen LogP contribution < -0.4 is 0 Å². The molecule has 1 aliphatic rings. The van der Waals surface area contributed by atoms with Crippen LogP contribution in [0, 0.1) is 6.92 Å². The zero-order valence-electron chi connectivity index (χ0n) is 10.4. The number of thiazole rings is 1. The van der Waals surface area contributed by atoms with Gasteiger partial charge in [-0.2, -0.15) is 0 Å². The lowest BCUT2D eigenvalue weighted by atomic mass is 10.1. The van der Waals surface area contributed by atoms with Crippen LogP contribution in [-0.2, 0) is 11.2 Å². The van der Waals surface area contributed by atoms with Crippen LogP contribution in [-0.4, -0.2) is 28.9 Å². The summed E-state index contributed by atoms with van der Waals surface area (Å²) in [6, 6.07) is 0. The van der Waals surface area contributed by atoms with E-state index in [9.17, 15) is 4.79 Å². The van der Waals surface area contributed by atoms with Gasteiger partial charge in [0, 0.05) is 24.9 Å². The third-order valence-electron chi connectivity index (χ3n) is 3.20. The molecular formula is C13H20N2OS. The van der Waals surface area contributed by atoms with E-state index in [4.69, 9.17) is 0 Å². The Bertz CT molecular complexity index is 369. The first-order valence-electron chi connectivity index (χ1n) is 6.44. The van der Waals surface area contributed by atoms with E-state index in [1.807, 2.05) is 11.8 Å². The van der Waals surface area contributed by atoms with Crippen molar-refractivity contribution in [2.24, 2.45) is 0 Å². The molecule has 1 aliphatic heterocycles. The molecule has 1 fully saturated rings. The molecule has 0 aromatic carbocycles. The molecule has 0 bridgehead atoms. The lowest BCUT2D eigenvalue weighted by molar-refractivity contribution is -0.132. The van der Waals surface area contributed by atoms with Crippen molar-refractivity contribution in [2.45, 2.75) is 45.4 Å². The molecule has 1 amide bonds. The number of hydrogen-bond donors (Lipinski definition) is 0. The predicted octanol–water partition coefficient (Wildman–Crippen LogP) is 2.79. The molecule has 2 heterocycles. The van der Waals surface area contributed by atoms with Crippen molar-refractivity contribution in [3.8, 4) is 0 Å². The summed E-state index contributed by atoms with van der Waals surface area (Å²) in [7, 11) is 0. The molecule has 4 heteroatoms. The number of carbonyl (C=O) groups excluding carboxylic acids is 1. The van der Waals surface area contributed by atoms with E-state index in [2.05, 4.69) is 10.4 Å². The van der Waals surface area contributed by atoms with Crippen molar-refractivity contribution in [2.75, 3.05) is 13.1 Å². The van der Waals surface area contributed by atoms with Gasteiger partial charge in [-0.1, -0.05) is 0 Å². The highest BCUT2D eigenvalue weighted by atomic mass is 32.1. The first-order chi connectivity index (χ1) is 8.25. The number of piperidine rings is 1. The Balaban J connectivity index is 1.69. The van der Waals surface area contributed by atoms with Crippen LogP contribution in [0.25, 0.3) is 0 Å². The normalized spacial score (nSPS) is 16.2. The summed E-state index contributed by atoms with van der Waals surface area (Å²) in [5, 5.41) is 3.21. The molecule has 0 saturated carbocycles. The maximum Gasteiger partial charge on any atom is 0.222 e. The monoisotopic (exact) mass is 252 g/mol. The van der Waals surface area contributed by atoms with Gasteiger partial charge in [-0.05, 0) is 39.0 Å². The summed E-state index contributed by atoms with van der Waals surface area (Å²) in [5.74, 6) is 0.330. The quantitative estimate of drug-likeness (QED) is 0.825. The summed E-state index contributed by atoms with van der Waals surface area (Å²) < 4.78 is 0. The van der Waals surface area contributed by atoms with Crippen LogP contribution >= 0.6 is 11.3 Å². The second-order valence-corrected chi connectivity index (χ2v) is 5.72. The van der Waals surface area contributed by atoms with Gasteiger partial charge >= 0.3 is 0 Å². The van der Waals surface area contributed by atoms with Crippen molar-refractivity contribution in [3.63, 3.8) is 0 Å². The largest absolute Gasteiger partial charge is 0.343 e. The van der Waals surface area contributed by atoms with Crippen LogP contribution in [0.15, 0.2) is 5.38 Å². The standard InChI is InChI=1S/C13H20N2OS/c1-11-14-12(10-17-11)6-5-7-13(16)15-8-3-2-4-9-15/h10H,2-9H2,1H3. The van der Waals surface area contributed by atoms with E-state index in [1.54, 1.807) is 11.3 Å². The minimum Gasteiger partial charge on any atom is -0.343 e. The van der Waals surface area contributed by atoms with Gasteiger partial charge < -0.3 is 4.90 Å². The second kappa shape index (κ2) is 6.15. The number of aryl methyl sites for hydroxylation is 2. The van der Waals surface area contributed by atoms with Gasteiger partial charge in [0.2, 0.25) is 5.91 Å². The van der Waals surface area contributed by atoms with E-state index >= 15 is 0 Å². The van der Waals surface area contributed by atoms with Gasteiger partial charge in [0.05, 0.1) is 10.7 Å². The highest BCUT2D eigenvalue weighted by Crippen LogP contribution is 2.13. The van der Waals surface area contributed by atoms with Crippen molar-refractivity contribution in [1.29, 1.82) is 0 Å². The van der Waals surface area contributed by atoms with Gasteiger partial charge in [-0.25, -0.2) is 4.98 Å². The summed E-state index contributed by atoms with van der Waals surface area (Å²) in [6.45, 7) is 3.95. The maximum absolute atomic E-state index is 11.9. The van der Waals surface area contributed by atoms with E-state index in [0.29, 0.717) is 12.3 Å². The number of rotatable bonds is 4. The molecule has 1 aromatic rings. The summed E-state index contributed by atoms with van der Waals surface area (Å²) in [4.78, 5) is 18.3. The van der Waals surface area contributed by atoms with Gasteiger partial charge in [-0.3, -0.25) is 4.79 Å². The highest BCUT2D eigenvalue weighted by Gasteiger charge is 2.15. The Labute approximate surface area is 107 Å². The molecule has 0 spiro atoms. The van der Waals surface area contributed by atoms with Crippen LogP contribution in [0.4, 0.5) is 0 Å². The maximum atomic E-state index is 11.9. The average Bonchev–Trinajstić information content (AvgIpc) is 2.76. The number of hydrogen-bond acceptors (Lipinski definition) is 3. The third-order valence-corrected chi connectivity index (χ3v) is 4.02. The number of amides is 1. The Morgan fingerprint density at radius 1 is 1.41 bits per heavy atom. The molecule has 0 atom stereocenters. The van der Waals surface area contributed by atoms with Crippen molar-refractivity contribution < 1.29 is 4.79 Å². The number of carbonyl (C=O) groups is 1. The smallest absolute Gasteiger partial charge is 0.222 e. The van der Waals surface area contributed by atoms with Gasteiger partial charge in [0.25, 0.3) is 0 Å². The molecule has 0 N–H and O–H groups in total. The minimum absolute atomic E-state index is 0.330. The van der Waals surface area contributed by atoms with E-state index in [-0.39, 0.29) is 0 Å². The molecule has 94 valence electrons. The zero-order chi connectivity index (χ0) is 12.1. The molecule has 3 nitrogen and oxygen atoms in total. The molecule has 0 radical (unpaired) electrons. The van der Waals surface area contributed by atoms with Crippen LogP contribution in [0.5, 0.6) is 0 Å². The van der Waals surface area contributed by atoms with Crippen molar-refractivity contribution in [1.82, 2.24) is 9.88 Å². The summed E-state index contributed by atoms with van der Waals surface area (Å²) in [6.07, 6.45) is 6.18. The highest BCUT2D eigenvalue weighted by molar-refractivity contribution is 7.09. The predicted molar refractivity (Wildman–Crippen MR) is 70.2 cm³/mol. The lowest BCUT2D eigenvalue weighted by Gasteiger charge is -2.26.